The van der Waals surface area contributed by atoms with Crippen LogP contribution in [-0.2, 0) is 14.6 Å². The highest BCUT2D eigenvalue weighted by Crippen LogP contribution is 2.22. The second-order valence-corrected chi connectivity index (χ2v) is 9.88. The average molecular weight is 416 g/mol. The number of tetrazole rings is 1. The van der Waals surface area contributed by atoms with Crippen LogP contribution in [0.3, 0.4) is 0 Å². The second-order valence-electron chi connectivity index (χ2n) is 6.22. The van der Waals surface area contributed by atoms with Crippen molar-refractivity contribution in [3.05, 3.63) is 29.3 Å². The molecular weight excluding hydrogens is 398 g/mol. The fourth-order valence-corrected chi connectivity index (χ4v) is 5.93. The van der Waals surface area contributed by atoms with E-state index in [0.717, 1.165) is 16.8 Å². The standard InChI is InChI=1S/C15H18ClN5O3S2/c1-9-3-4-10(2)13(5-9)21-15(18-19-20-21)25-6-14(22)17-12-8-26(23,24)7-11(12)16/h3-5,11-12H,6-8H2,1-2H3,(H,17,22)/t11-,12+/m1/s1. The Balaban J connectivity index is 1.65. The lowest BCUT2D eigenvalue weighted by molar-refractivity contribution is -0.119. The highest BCUT2D eigenvalue weighted by molar-refractivity contribution is 7.99. The Morgan fingerprint density at radius 3 is 2.85 bits per heavy atom. The number of halogens is 1. The summed E-state index contributed by atoms with van der Waals surface area (Å²) < 4.78 is 24.7. The van der Waals surface area contributed by atoms with E-state index in [0.29, 0.717) is 5.16 Å². The van der Waals surface area contributed by atoms with Gasteiger partial charge in [0.05, 0.1) is 34.4 Å². The van der Waals surface area contributed by atoms with E-state index in [1.807, 2.05) is 32.0 Å². The molecule has 0 saturated carbocycles. The van der Waals surface area contributed by atoms with Crippen LogP contribution in [0.15, 0.2) is 23.4 Å². The van der Waals surface area contributed by atoms with Crippen LogP contribution in [0.2, 0.25) is 0 Å². The second kappa shape index (κ2) is 7.53. The largest absolute Gasteiger partial charge is 0.350 e. The molecule has 1 aromatic carbocycles. The van der Waals surface area contributed by atoms with Gasteiger partial charge in [0.1, 0.15) is 0 Å². The number of amides is 1. The smallest absolute Gasteiger partial charge is 0.230 e. The number of alkyl halides is 1. The van der Waals surface area contributed by atoms with Gasteiger partial charge in [0.2, 0.25) is 11.1 Å². The number of thioether (sulfide) groups is 1. The van der Waals surface area contributed by atoms with E-state index < -0.39 is 21.3 Å². The van der Waals surface area contributed by atoms with Gasteiger partial charge in [-0.2, -0.15) is 4.68 Å². The number of benzene rings is 1. The van der Waals surface area contributed by atoms with Crippen molar-refractivity contribution in [1.82, 2.24) is 25.5 Å². The summed E-state index contributed by atoms with van der Waals surface area (Å²) >= 11 is 7.18. The number of hydrogen-bond donors (Lipinski definition) is 1. The zero-order valence-electron chi connectivity index (χ0n) is 14.2. The van der Waals surface area contributed by atoms with Crippen molar-refractivity contribution in [3.8, 4) is 5.69 Å². The van der Waals surface area contributed by atoms with Crippen LogP contribution in [0, 0.1) is 13.8 Å². The summed E-state index contributed by atoms with van der Waals surface area (Å²) in [5.41, 5.74) is 2.93. The summed E-state index contributed by atoms with van der Waals surface area (Å²) in [4.78, 5) is 12.2. The molecule has 2 atom stereocenters. The van der Waals surface area contributed by atoms with E-state index in [-0.39, 0.29) is 23.2 Å². The molecule has 11 heteroatoms. The quantitative estimate of drug-likeness (QED) is 0.570. The van der Waals surface area contributed by atoms with Crippen molar-refractivity contribution in [3.63, 3.8) is 0 Å². The summed E-state index contributed by atoms with van der Waals surface area (Å²) in [7, 11) is -3.19. The molecule has 26 heavy (non-hydrogen) atoms. The number of sulfone groups is 1. The molecule has 140 valence electrons. The minimum Gasteiger partial charge on any atom is -0.350 e. The summed E-state index contributed by atoms with van der Waals surface area (Å²) in [6.07, 6.45) is 0. The Kier molecular flexibility index (Phi) is 5.54. The van der Waals surface area contributed by atoms with E-state index in [1.165, 1.54) is 11.8 Å². The van der Waals surface area contributed by atoms with Gasteiger partial charge in [-0.1, -0.05) is 23.9 Å². The first-order valence-corrected chi connectivity index (χ1v) is 11.1. The fourth-order valence-electron chi connectivity index (χ4n) is 2.68. The Morgan fingerprint density at radius 2 is 2.15 bits per heavy atom. The summed E-state index contributed by atoms with van der Waals surface area (Å²) in [6.45, 7) is 3.94. The third-order valence-corrected chi connectivity index (χ3v) is 7.29. The van der Waals surface area contributed by atoms with Crippen molar-refractivity contribution in [2.75, 3.05) is 17.3 Å². The molecule has 1 N–H and O–H groups in total. The molecule has 1 fully saturated rings. The van der Waals surface area contributed by atoms with Crippen LogP contribution in [0.25, 0.3) is 5.69 Å². The van der Waals surface area contributed by atoms with Crippen LogP contribution in [0.1, 0.15) is 11.1 Å². The van der Waals surface area contributed by atoms with E-state index in [2.05, 4.69) is 20.8 Å². The van der Waals surface area contributed by atoms with Crippen LogP contribution < -0.4 is 5.32 Å². The molecule has 1 saturated heterocycles. The highest BCUT2D eigenvalue weighted by atomic mass is 35.5. The molecule has 1 amide bonds. The number of nitrogens with zero attached hydrogens (tertiary/aromatic N) is 4. The first kappa shape index (κ1) is 19.1. The zero-order chi connectivity index (χ0) is 18.9. The van der Waals surface area contributed by atoms with Crippen molar-refractivity contribution in [1.29, 1.82) is 0 Å². The number of nitrogens with one attached hydrogen (secondary N) is 1. The molecule has 0 spiro atoms. The average Bonchev–Trinajstić information content (AvgIpc) is 3.11. The summed E-state index contributed by atoms with van der Waals surface area (Å²) in [5, 5.41) is 14.2. The van der Waals surface area contributed by atoms with Crippen LogP contribution >= 0.6 is 23.4 Å². The lowest BCUT2D eigenvalue weighted by Gasteiger charge is -2.14. The Hall–Kier alpha value is -1.65. The molecule has 1 aromatic heterocycles. The summed E-state index contributed by atoms with van der Waals surface area (Å²) in [5.74, 6) is -0.487. The third kappa shape index (κ3) is 4.36. The predicted octanol–water partition coefficient (Wildman–Crippen LogP) is 0.892. The molecule has 0 bridgehead atoms. The maximum atomic E-state index is 12.2. The van der Waals surface area contributed by atoms with Gasteiger partial charge in [-0.15, -0.1) is 16.7 Å². The van der Waals surface area contributed by atoms with Gasteiger partial charge < -0.3 is 5.32 Å². The third-order valence-electron chi connectivity index (χ3n) is 4.00. The van der Waals surface area contributed by atoms with Gasteiger partial charge in [-0.25, -0.2) is 8.42 Å². The lowest BCUT2D eigenvalue weighted by Crippen LogP contribution is -2.41. The van der Waals surface area contributed by atoms with E-state index in [9.17, 15) is 13.2 Å². The minimum atomic E-state index is -3.19. The van der Waals surface area contributed by atoms with E-state index >= 15 is 0 Å². The van der Waals surface area contributed by atoms with Crippen molar-refractivity contribution in [2.45, 2.75) is 30.4 Å². The number of rotatable bonds is 5. The van der Waals surface area contributed by atoms with Gasteiger partial charge in [0, 0.05) is 0 Å². The Labute approximate surface area is 160 Å². The number of aryl methyl sites for hydroxylation is 2. The molecule has 2 heterocycles. The molecule has 0 aliphatic carbocycles. The highest BCUT2D eigenvalue weighted by Gasteiger charge is 2.37. The number of carbonyl (C=O) groups excluding carboxylic acids is 1. The van der Waals surface area contributed by atoms with E-state index in [4.69, 9.17) is 11.6 Å². The predicted molar refractivity (Wildman–Crippen MR) is 99.6 cm³/mol. The Bertz CT molecular complexity index is 931. The van der Waals surface area contributed by atoms with E-state index in [1.54, 1.807) is 4.68 Å². The lowest BCUT2D eigenvalue weighted by atomic mass is 10.1. The molecular formula is C15H18ClN5O3S2. The Morgan fingerprint density at radius 1 is 1.38 bits per heavy atom. The van der Waals surface area contributed by atoms with Crippen molar-refractivity contribution in [2.24, 2.45) is 0 Å². The van der Waals surface area contributed by atoms with Gasteiger partial charge in [0.15, 0.2) is 9.84 Å². The van der Waals surface area contributed by atoms with Gasteiger partial charge >= 0.3 is 0 Å². The maximum Gasteiger partial charge on any atom is 0.230 e. The zero-order valence-corrected chi connectivity index (χ0v) is 16.6. The van der Waals surface area contributed by atoms with Crippen LogP contribution in [0.4, 0.5) is 0 Å². The van der Waals surface area contributed by atoms with Crippen LogP contribution in [0.5, 0.6) is 0 Å². The maximum absolute atomic E-state index is 12.2. The van der Waals surface area contributed by atoms with Crippen LogP contribution in [-0.4, -0.2) is 63.2 Å². The van der Waals surface area contributed by atoms with Gasteiger partial charge in [0.25, 0.3) is 0 Å². The van der Waals surface area contributed by atoms with Crippen molar-refractivity contribution < 1.29 is 13.2 Å². The normalized spacial score (nSPS) is 21.7. The summed E-state index contributed by atoms with van der Waals surface area (Å²) in [6, 6.07) is 5.39. The molecule has 0 unspecified atom stereocenters. The van der Waals surface area contributed by atoms with Gasteiger partial charge in [-0.05, 0) is 41.5 Å². The molecule has 2 aromatic rings. The molecule has 0 radical (unpaired) electrons. The molecule has 1 aliphatic rings. The molecule has 3 rings (SSSR count). The topological polar surface area (TPSA) is 107 Å². The fraction of sp³-hybridized carbons (Fsp3) is 0.467. The molecule has 8 nitrogen and oxygen atoms in total. The minimum absolute atomic E-state index is 0.0609. The number of hydrogen-bond acceptors (Lipinski definition) is 7. The number of aromatic nitrogens is 4. The monoisotopic (exact) mass is 415 g/mol. The number of carbonyl (C=O) groups is 1. The first-order valence-electron chi connectivity index (χ1n) is 7.88. The van der Waals surface area contributed by atoms with Crippen molar-refractivity contribution >= 4 is 39.1 Å². The SMILES string of the molecule is Cc1ccc(C)c(-n2nnnc2SCC(=O)N[C@H]2CS(=O)(=O)C[C@H]2Cl)c1. The molecule has 1 aliphatic heterocycles. The van der Waals surface area contributed by atoms with Gasteiger partial charge in [-0.3, -0.25) is 4.79 Å². The first-order chi connectivity index (χ1) is 12.2.